The lowest BCUT2D eigenvalue weighted by atomic mass is 10.0. The topological polar surface area (TPSA) is 59.1 Å². The van der Waals surface area contributed by atoms with Crippen molar-refractivity contribution in [3.05, 3.63) is 65.6 Å². The maximum Gasteiger partial charge on any atom is 0.282 e. The van der Waals surface area contributed by atoms with Crippen molar-refractivity contribution in [3.63, 3.8) is 0 Å². The molecule has 0 aliphatic carbocycles. The molecule has 6 nitrogen and oxygen atoms in total. The van der Waals surface area contributed by atoms with Gasteiger partial charge < -0.3 is 14.4 Å². The predicted molar refractivity (Wildman–Crippen MR) is 115 cm³/mol. The van der Waals surface area contributed by atoms with Gasteiger partial charge in [0.05, 0.1) is 31.1 Å². The van der Waals surface area contributed by atoms with E-state index in [1.54, 1.807) is 24.3 Å². The standard InChI is InChI=1S/C24H25FN2O4/c1-16(2)15-31-20-9-3-17(4-10-20)21-22(26-11-13-30-14-12-26)24(29)27(23(21)28)19-7-5-18(25)6-8-19/h3-10,16H,11-15H2,1-2H3. The summed E-state index contributed by atoms with van der Waals surface area (Å²) >= 11 is 0. The van der Waals surface area contributed by atoms with Crippen LogP contribution < -0.4 is 9.64 Å². The van der Waals surface area contributed by atoms with Gasteiger partial charge in [0.25, 0.3) is 11.8 Å². The van der Waals surface area contributed by atoms with Crippen molar-refractivity contribution in [1.29, 1.82) is 0 Å². The van der Waals surface area contributed by atoms with Gasteiger partial charge in [-0.05, 0) is 47.9 Å². The van der Waals surface area contributed by atoms with Gasteiger partial charge in [-0.1, -0.05) is 26.0 Å². The summed E-state index contributed by atoms with van der Waals surface area (Å²) in [4.78, 5) is 29.8. The summed E-state index contributed by atoms with van der Waals surface area (Å²) < 4.78 is 24.5. The summed E-state index contributed by atoms with van der Waals surface area (Å²) in [5.41, 5.74) is 1.68. The number of carbonyl (C=O) groups is 2. The monoisotopic (exact) mass is 424 g/mol. The highest BCUT2D eigenvalue weighted by Crippen LogP contribution is 2.35. The Morgan fingerprint density at radius 2 is 1.61 bits per heavy atom. The average molecular weight is 424 g/mol. The third-order valence-electron chi connectivity index (χ3n) is 5.20. The van der Waals surface area contributed by atoms with Crippen molar-refractivity contribution in [2.45, 2.75) is 13.8 Å². The Morgan fingerprint density at radius 1 is 0.968 bits per heavy atom. The number of nitrogens with zero attached hydrogens (tertiary/aromatic N) is 2. The zero-order chi connectivity index (χ0) is 22.0. The molecular formula is C24H25FN2O4. The Kier molecular flexibility index (Phi) is 6.04. The van der Waals surface area contributed by atoms with Crippen molar-refractivity contribution in [2.75, 3.05) is 37.8 Å². The van der Waals surface area contributed by atoms with Gasteiger partial charge >= 0.3 is 0 Å². The number of halogens is 1. The van der Waals surface area contributed by atoms with E-state index in [0.717, 1.165) is 4.90 Å². The normalized spacial score (nSPS) is 17.2. The van der Waals surface area contributed by atoms with Gasteiger partial charge in [0.1, 0.15) is 17.3 Å². The first kappa shape index (κ1) is 21.1. The molecule has 0 bridgehead atoms. The van der Waals surface area contributed by atoms with E-state index in [0.29, 0.717) is 67.1 Å². The Hall–Kier alpha value is -3.19. The molecule has 2 aromatic rings. The van der Waals surface area contributed by atoms with Gasteiger partial charge in [-0.2, -0.15) is 0 Å². The number of hydrogen-bond acceptors (Lipinski definition) is 5. The fraction of sp³-hybridized carbons (Fsp3) is 0.333. The molecule has 0 spiro atoms. The molecule has 162 valence electrons. The summed E-state index contributed by atoms with van der Waals surface area (Å²) in [6, 6.07) is 12.6. The molecule has 2 amide bonds. The van der Waals surface area contributed by atoms with E-state index in [-0.39, 0.29) is 0 Å². The minimum absolute atomic E-state index is 0.339. The Labute approximate surface area is 180 Å². The van der Waals surface area contributed by atoms with E-state index in [1.807, 2.05) is 4.90 Å². The van der Waals surface area contributed by atoms with Gasteiger partial charge in [0.15, 0.2) is 0 Å². The molecule has 0 N–H and O–H groups in total. The molecule has 0 radical (unpaired) electrons. The summed E-state index contributed by atoms with van der Waals surface area (Å²) in [7, 11) is 0. The lowest BCUT2D eigenvalue weighted by molar-refractivity contribution is -0.121. The van der Waals surface area contributed by atoms with E-state index in [2.05, 4.69) is 13.8 Å². The van der Waals surface area contributed by atoms with Crippen LogP contribution in [-0.2, 0) is 14.3 Å². The molecule has 0 saturated carbocycles. The summed E-state index contributed by atoms with van der Waals surface area (Å²) in [6.07, 6.45) is 0. The van der Waals surface area contributed by atoms with Gasteiger partial charge in [-0.25, -0.2) is 9.29 Å². The van der Waals surface area contributed by atoms with Crippen LogP contribution in [-0.4, -0.2) is 49.6 Å². The molecule has 2 aromatic carbocycles. The minimum atomic E-state index is -0.429. The number of rotatable bonds is 6. The number of benzene rings is 2. The minimum Gasteiger partial charge on any atom is -0.493 e. The second-order valence-corrected chi connectivity index (χ2v) is 7.97. The van der Waals surface area contributed by atoms with Crippen molar-refractivity contribution < 1.29 is 23.5 Å². The molecule has 7 heteroatoms. The van der Waals surface area contributed by atoms with Crippen molar-refractivity contribution in [2.24, 2.45) is 5.92 Å². The van der Waals surface area contributed by atoms with E-state index in [4.69, 9.17) is 9.47 Å². The SMILES string of the molecule is CC(C)COc1ccc(C2=C(N3CCOCC3)C(=O)N(c3ccc(F)cc3)C2=O)cc1. The predicted octanol–water partition coefficient (Wildman–Crippen LogP) is 3.48. The molecule has 31 heavy (non-hydrogen) atoms. The third-order valence-corrected chi connectivity index (χ3v) is 5.20. The van der Waals surface area contributed by atoms with Crippen LogP contribution in [0.2, 0.25) is 0 Å². The van der Waals surface area contributed by atoms with Crippen LogP contribution in [0, 0.1) is 11.7 Å². The van der Waals surface area contributed by atoms with Crippen molar-refractivity contribution in [3.8, 4) is 5.75 Å². The second-order valence-electron chi connectivity index (χ2n) is 7.97. The summed E-state index contributed by atoms with van der Waals surface area (Å²) in [5, 5.41) is 0. The Morgan fingerprint density at radius 3 is 2.23 bits per heavy atom. The van der Waals surface area contributed by atoms with E-state index < -0.39 is 17.6 Å². The van der Waals surface area contributed by atoms with Crippen LogP contribution in [0.25, 0.3) is 5.57 Å². The second kappa shape index (κ2) is 8.89. The quantitative estimate of drug-likeness (QED) is 0.665. The first-order chi connectivity index (χ1) is 15.0. The molecule has 0 atom stereocenters. The number of morpholine rings is 1. The Bertz CT molecular complexity index is 993. The number of hydrogen-bond donors (Lipinski definition) is 0. The highest BCUT2D eigenvalue weighted by molar-refractivity contribution is 6.45. The van der Waals surface area contributed by atoms with Crippen LogP contribution in [0.15, 0.2) is 54.2 Å². The highest BCUT2D eigenvalue weighted by atomic mass is 19.1. The maximum atomic E-state index is 13.4. The number of ether oxygens (including phenoxy) is 2. The van der Waals surface area contributed by atoms with Crippen LogP contribution in [0.5, 0.6) is 5.75 Å². The molecule has 0 aromatic heterocycles. The average Bonchev–Trinajstić information content (AvgIpc) is 3.04. The molecule has 1 saturated heterocycles. The molecule has 0 unspecified atom stereocenters. The number of amides is 2. The van der Waals surface area contributed by atoms with Crippen LogP contribution in [0.4, 0.5) is 10.1 Å². The lowest BCUT2D eigenvalue weighted by Gasteiger charge is -2.29. The van der Waals surface area contributed by atoms with Crippen molar-refractivity contribution in [1.82, 2.24) is 4.90 Å². The smallest absolute Gasteiger partial charge is 0.282 e. The number of imide groups is 1. The van der Waals surface area contributed by atoms with Crippen molar-refractivity contribution >= 4 is 23.1 Å². The maximum absolute atomic E-state index is 13.4. The molecule has 2 heterocycles. The van der Waals surface area contributed by atoms with Gasteiger partial charge in [0, 0.05) is 13.1 Å². The van der Waals surface area contributed by atoms with E-state index >= 15 is 0 Å². The first-order valence-corrected chi connectivity index (χ1v) is 10.4. The fourth-order valence-corrected chi connectivity index (χ4v) is 3.66. The fourth-order valence-electron chi connectivity index (χ4n) is 3.66. The van der Waals surface area contributed by atoms with Gasteiger partial charge in [-0.15, -0.1) is 0 Å². The highest BCUT2D eigenvalue weighted by Gasteiger charge is 2.42. The largest absolute Gasteiger partial charge is 0.493 e. The zero-order valence-electron chi connectivity index (χ0n) is 17.6. The molecule has 1 fully saturated rings. The number of anilines is 1. The summed E-state index contributed by atoms with van der Waals surface area (Å²) in [6.45, 7) is 6.74. The lowest BCUT2D eigenvalue weighted by Crippen LogP contribution is -2.40. The van der Waals surface area contributed by atoms with Crippen LogP contribution >= 0.6 is 0 Å². The number of carbonyl (C=O) groups excluding carboxylic acids is 2. The van der Waals surface area contributed by atoms with Crippen LogP contribution in [0.1, 0.15) is 19.4 Å². The molecule has 2 aliphatic rings. The molecule has 2 aliphatic heterocycles. The summed E-state index contributed by atoms with van der Waals surface area (Å²) in [5.74, 6) is -0.157. The zero-order valence-corrected chi connectivity index (χ0v) is 17.6. The molecular weight excluding hydrogens is 399 g/mol. The van der Waals surface area contributed by atoms with E-state index in [9.17, 15) is 14.0 Å². The van der Waals surface area contributed by atoms with Crippen LogP contribution in [0.3, 0.4) is 0 Å². The third kappa shape index (κ3) is 4.32. The first-order valence-electron chi connectivity index (χ1n) is 10.4. The molecule has 4 rings (SSSR count). The van der Waals surface area contributed by atoms with E-state index in [1.165, 1.54) is 24.3 Å². The van der Waals surface area contributed by atoms with Gasteiger partial charge in [-0.3, -0.25) is 9.59 Å². The van der Waals surface area contributed by atoms with Gasteiger partial charge in [0.2, 0.25) is 0 Å². The Balaban J connectivity index is 1.71.